The minimum absolute atomic E-state index is 0.225. The second-order valence-corrected chi connectivity index (χ2v) is 3.76. The van der Waals surface area contributed by atoms with Gasteiger partial charge in [0.25, 0.3) is 0 Å². The number of methoxy groups -OCH3 is 2. The largest absolute Gasteiger partial charge is 0.497 e. The first-order valence-electron chi connectivity index (χ1n) is 6.01. The van der Waals surface area contributed by atoms with E-state index in [0.29, 0.717) is 18.1 Å². The highest BCUT2D eigenvalue weighted by Crippen LogP contribution is 2.29. The first-order valence-corrected chi connectivity index (χ1v) is 6.01. The molecule has 6 nitrogen and oxygen atoms in total. The summed E-state index contributed by atoms with van der Waals surface area (Å²) in [6, 6.07) is 4.93. The Morgan fingerprint density at radius 3 is 2.63 bits per heavy atom. The molecule has 0 bridgehead atoms. The standard InChI is InChI=1S/C13H20N2O4/c1-4-19-13(16)15-11(8-14)10-7-9(17-2)5-6-12(10)18-3/h5-7,11H,4,8,14H2,1-3H3,(H,15,16). The van der Waals surface area contributed by atoms with Gasteiger partial charge in [-0.05, 0) is 25.1 Å². The van der Waals surface area contributed by atoms with Gasteiger partial charge < -0.3 is 25.3 Å². The normalized spacial score (nSPS) is 11.6. The number of ether oxygens (including phenoxy) is 3. The minimum Gasteiger partial charge on any atom is -0.497 e. The molecule has 0 saturated heterocycles. The van der Waals surface area contributed by atoms with Crippen LogP contribution in [0.5, 0.6) is 11.5 Å². The first-order chi connectivity index (χ1) is 9.15. The van der Waals surface area contributed by atoms with Gasteiger partial charge in [-0.3, -0.25) is 0 Å². The maximum Gasteiger partial charge on any atom is 0.407 e. The Kier molecular flexibility index (Phi) is 5.95. The molecule has 0 aliphatic heterocycles. The van der Waals surface area contributed by atoms with Gasteiger partial charge in [-0.2, -0.15) is 0 Å². The number of hydrogen-bond acceptors (Lipinski definition) is 5. The number of carbonyl (C=O) groups is 1. The molecule has 1 atom stereocenters. The van der Waals surface area contributed by atoms with E-state index in [-0.39, 0.29) is 6.54 Å². The van der Waals surface area contributed by atoms with Crippen molar-refractivity contribution in [1.82, 2.24) is 5.32 Å². The van der Waals surface area contributed by atoms with Gasteiger partial charge in [0.05, 0.1) is 26.9 Å². The predicted octanol–water partition coefficient (Wildman–Crippen LogP) is 1.45. The van der Waals surface area contributed by atoms with E-state index in [4.69, 9.17) is 19.9 Å². The van der Waals surface area contributed by atoms with E-state index >= 15 is 0 Å². The zero-order chi connectivity index (χ0) is 14.3. The number of nitrogens with one attached hydrogen (secondary N) is 1. The van der Waals surface area contributed by atoms with Crippen LogP contribution in [-0.4, -0.2) is 33.5 Å². The molecule has 0 fully saturated rings. The van der Waals surface area contributed by atoms with Gasteiger partial charge in [0, 0.05) is 12.1 Å². The van der Waals surface area contributed by atoms with Crippen LogP contribution in [0.15, 0.2) is 18.2 Å². The third-order valence-electron chi connectivity index (χ3n) is 2.62. The number of carbonyl (C=O) groups excluding carboxylic acids is 1. The molecule has 0 saturated carbocycles. The summed E-state index contributed by atoms with van der Waals surface area (Å²) in [5.41, 5.74) is 6.45. The Morgan fingerprint density at radius 2 is 2.11 bits per heavy atom. The summed E-state index contributed by atoms with van der Waals surface area (Å²) in [7, 11) is 3.13. The van der Waals surface area contributed by atoms with E-state index in [9.17, 15) is 4.79 Å². The van der Waals surface area contributed by atoms with Crippen molar-refractivity contribution in [3.8, 4) is 11.5 Å². The highest BCUT2D eigenvalue weighted by molar-refractivity contribution is 5.68. The Balaban J connectivity index is 2.98. The number of alkyl carbamates (subject to hydrolysis) is 1. The highest BCUT2D eigenvalue weighted by Gasteiger charge is 2.18. The molecule has 0 aliphatic rings. The lowest BCUT2D eigenvalue weighted by atomic mass is 10.1. The lowest BCUT2D eigenvalue weighted by Gasteiger charge is -2.20. The maximum absolute atomic E-state index is 11.5. The van der Waals surface area contributed by atoms with Crippen LogP contribution in [0, 0.1) is 0 Å². The van der Waals surface area contributed by atoms with E-state index in [1.807, 2.05) is 0 Å². The molecule has 1 rings (SSSR count). The minimum atomic E-state index is -0.511. The van der Waals surface area contributed by atoms with Crippen LogP contribution in [0.4, 0.5) is 4.79 Å². The molecule has 1 unspecified atom stereocenters. The Morgan fingerprint density at radius 1 is 1.37 bits per heavy atom. The molecular weight excluding hydrogens is 248 g/mol. The molecule has 106 valence electrons. The third-order valence-corrected chi connectivity index (χ3v) is 2.62. The topological polar surface area (TPSA) is 82.8 Å². The van der Waals surface area contributed by atoms with Crippen LogP contribution < -0.4 is 20.5 Å². The summed E-state index contributed by atoms with van der Waals surface area (Å²) in [6.45, 7) is 2.27. The van der Waals surface area contributed by atoms with E-state index in [1.165, 1.54) is 0 Å². The molecule has 1 amide bonds. The fourth-order valence-corrected chi connectivity index (χ4v) is 1.69. The van der Waals surface area contributed by atoms with Crippen LogP contribution in [-0.2, 0) is 4.74 Å². The molecular formula is C13H20N2O4. The Bertz CT molecular complexity index is 423. The second-order valence-electron chi connectivity index (χ2n) is 3.76. The molecule has 6 heteroatoms. The van der Waals surface area contributed by atoms with Gasteiger partial charge in [-0.15, -0.1) is 0 Å². The quantitative estimate of drug-likeness (QED) is 0.816. The van der Waals surface area contributed by atoms with E-state index in [2.05, 4.69) is 5.32 Å². The lowest BCUT2D eigenvalue weighted by Crippen LogP contribution is -2.34. The highest BCUT2D eigenvalue weighted by atomic mass is 16.5. The van der Waals surface area contributed by atoms with E-state index < -0.39 is 12.1 Å². The average Bonchev–Trinajstić information content (AvgIpc) is 2.44. The number of hydrogen-bond donors (Lipinski definition) is 2. The maximum atomic E-state index is 11.5. The van der Waals surface area contributed by atoms with Gasteiger partial charge in [0.1, 0.15) is 11.5 Å². The van der Waals surface area contributed by atoms with E-state index in [0.717, 1.165) is 5.56 Å². The molecule has 19 heavy (non-hydrogen) atoms. The molecule has 0 aliphatic carbocycles. The van der Waals surface area contributed by atoms with Gasteiger partial charge in [0.2, 0.25) is 0 Å². The van der Waals surface area contributed by atoms with Crippen molar-refractivity contribution in [2.24, 2.45) is 5.73 Å². The van der Waals surface area contributed by atoms with Gasteiger partial charge in [-0.1, -0.05) is 0 Å². The number of nitrogens with two attached hydrogens (primary N) is 1. The van der Waals surface area contributed by atoms with Crippen molar-refractivity contribution in [2.45, 2.75) is 13.0 Å². The number of rotatable bonds is 6. The smallest absolute Gasteiger partial charge is 0.407 e. The van der Waals surface area contributed by atoms with Crippen LogP contribution in [0.25, 0.3) is 0 Å². The summed E-state index contributed by atoms with van der Waals surface area (Å²) in [5.74, 6) is 1.30. The van der Waals surface area contributed by atoms with Crippen molar-refractivity contribution < 1.29 is 19.0 Å². The molecule has 0 spiro atoms. The van der Waals surface area contributed by atoms with Gasteiger partial charge in [0.15, 0.2) is 0 Å². The average molecular weight is 268 g/mol. The van der Waals surface area contributed by atoms with E-state index in [1.54, 1.807) is 39.3 Å². The second kappa shape index (κ2) is 7.48. The van der Waals surface area contributed by atoms with Crippen LogP contribution in [0.1, 0.15) is 18.5 Å². The monoisotopic (exact) mass is 268 g/mol. The van der Waals surface area contributed by atoms with Gasteiger partial charge in [-0.25, -0.2) is 4.79 Å². The van der Waals surface area contributed by atoms with Crippen LogP contribution >= 0.6 is 0 Å². The summed E-state index contributed by atoms with van der Waals surface area (Å²) >= 11 is 0. The molecule has 0 heterocycles. The van der Waals surface area contributed by atoms with Crippen LogP contribution in [0.3, 0.4) is 0 Å². The molecule has 1 aromatic rings. The number of benzene rings is 1. The molecule has 3 N–H and O–H groups in total. The molecule has 0 radical (unpaired) electrons. The van der Waals surface area contributed by atoms with Crippen LogP contribution in [0.2, 0.25) is 0 Å². The first kappa shape index (κ1) is 15.1. The molecule has 0 aromatic heterocycles. The number of amides is 1. The zero-order valence-corrected chi connectivity index (χ0v) is 11.4. The Labute approximate surface area is 112 Å². The summed E-state index contributed by atoms with van der Waals surface area (Å²) < 4.78 is 15.3. The zero-order valence-electron chi connectivity index (χ0n) is 11.4. The van der Waals surface area contributed by atoms with Crippen molar-refractivity contribution >= 4 is 6.09 Å². The van der Waals surface area contributed by atoms with Gasteiger partial charge >= 0.3 is 6.09 Å². The fraction of sp³-hybridized carbons (Fsp3) is 0.462. The summed E-state index contributed by atoms with van der Waals surface area (Å²) in [6.07, 6.45) is -0.511. The van der Waals surface area contributed by atoms with Crippen molar-refractivity contribution in [3.05, 3.63) is 23.8 Å². The van der Waals surface area contributed by atoms with Crippen molar-refractivity contribution in [3.63, 3.8) is 0 Å². The van der Waals surface area contributed by atoms with Crippen molar-refractivity contribution in [1.29, 1.82) is 0 Å². The summed E-state index contributed by atoms with van der Waals surface area (Å²) in [4.78, 5) is 11.5. The Hall–Kier alpha value is -1.95. The predicted molar refractivity (Wildman–Crippen MR) is 71.5 cm³/mol. The SMILES string of the molecule is CCOC(=O)NC(CN)c1cc(OC)ccc1OC. The molecule has 1 aromatic carbocycles. The fourth-order valence-electron chi connectivity index (χ4n) is 1.69. The lowest BCUT2D eigenvalue weighted by molar-refractivity contribution is 0.148. The third kappa shape index (κ3) is 4.03. The van der Waals surface area contributed by atoms with Crippen molar-refractivity contribution in [2.75, 3.05) is 27.4 Å². The summed E-state index contributed by atoms with van der Waals surface area (Å²) in [5, 5.41) is 2.69.